The third kappa shape index (κ3) is 2.58. The molecule has 2 rings (SSSR count). The maximum atomic E-state index is 11.5. The van der Waals surface area contributed by atoms with Gasteiger partial charge in [0.15, 0.2) is 0 Å². The van der Waals surface area contributed by atoms with Crippen molar-refractivity contribution in [1.29, 1.82) is 0 Å². The number of carbonyl (C=O) groups excluding carboxylic acids is 1. The number of amides is 1. The third-order valence-corrected chi connectivity index (χ3v) is 3.00. The van der Waals surface area contributed by atoms with Crippen LogP contribution in [-0.4, -0.2) is 35.0 Å². The second-order valence-corrected chi connectivity index (χ2v) is 4.22. The second-order valence-electron chi connectivity index (χ2n) is 4.22. The summed E-state index contributed by atoms with van der Waals surface area (Å²) in [5, 5.41) is 9.80. The van der Waals surface area contributed by atoms with Gasteiger partial charge in [-0.1, -0.05) is 37.3 Å². The van der Waals surface area contributed by atoms with Crippen molar-refractivity contribution in [2.75, 3.05) is 6.61 Å². The van der Waals surface area contributed by atoms with Gasteiger partial charge in [0.25, 0.3) is 0 Å². The maximum absolute atomic E-state index is 11.5. The molecule has 0 radical (unpaired) electrons. The lowest BCUT2D eigenvalue weighted by atomic mass is 10.1. The SMILES string of the molecule is CCC(O)N1C(=O)OC[C@H]1Cc1ccccc1. The van der Waals surface area contributed by atoms with Crippen molar-refractivity contribution in [2.45, 2.75) is 32.0 Å². The van der Waals surface area contributed by atoms with E-state index in [1.807, 2.05) is 37.3 Å². The predicted octanol–water partition coefficient (Wildman–Crippen LogP) is 1.78. The number of rotatable bonds is 4. The van der Waals surface area contributed by atoms with Crippen molar-refractivity contribution in [3.63, 3.8) is 0 Å². The Morgan fingerprint density at radius 2 is 2.18 bits per heavy atom. The number of hydrogen-bond donors (Lipinski definition) is 1. The quantitative estimate of drug-likeness (QED) is 0.865. The largest absolute Gasteiger partial charge is 0.447 e. The van der Waals surface area contributed by atoms with E-state index in [-0.39, 0.29) is 6.04 Å². The van der Waals surface area contributed by atoms with E-state index in [0.29, 0.717) is 19.4 Å². The molecule has 0 bridgehead atoms. The molecule has 1 aromatic carbocycles. The van der Waals surface area contributed by atoms with Crippen LogP contribution < -0.4 is 0 Å². The van der Waals surface area contributed by atoms with Gasteiger partial charge in [-0.05, 0) is 18.4 Å². The normalized spacial score (nSPS) is 21.4. The minimum absolute atomic E-state index is 0.0696. The van der Waals surface area contributed by atoms with Gasteiger partial charge < -0.3 is 9.84 Å². The van der Waals surface area contributed by atoms with Gasteiger partial charge in [0.1, 0.15) is 12.8 Å². The number of benzene rings is 1. The molecule has 4 heteroatoms. The number of nitrogens with zero attached hydrogens (tertiary/aromatic N) is 1. The van der Waals surface area contributed by atoms with E-state index >= 15 is 0 Å². The monoisotopic (exact) mass is 235 g/mol. The van der Waals surface area contributed by atoms with E-state index in [0.717, 1.165) is 5.56 Å². The van der Waals surface area contributed by atoms with E-state index in [2.05, 4.69) is 0 Å². The summed E-state index contributed by atoms with van der Waals surface area (Å²) in [4.78, 5) is 13.0. The molecule has 4 nitrogen and oxygen atoms in total. The fourth-order valence-electron chi connectivity index (χ4n) is 2.08. The fraction of sp³-hybridized carbons (Fsp3) is 0.462. The molecule has 1 N–H and O–H groups in total. The Balaban J connectivity index is 2.07. The van der Waals surface area contributed by atoms with Gasteiger partial charge in [0.2, 0.25) is 0 Å². The maximum Gasteiger partial charge on any atom is 0.412 e. The van der Waals surface area contributed by atoms with Gasteiger partial charge in [0.05, 0.1) is 6.04 Å². The fourth-order valence-corrected chi connectivity index (χ4v) is 2.08. The Morgan fingerprint density at radius 1 is 1.47 bits per heavy atom. The van der Waals surface area contributed by atoms with Gasteiger partial charge >= 0.3 is 6.09 Å². The third-order valence-electron chi connectivity index (χ3n) is 3.00. The highest BCUT2D eigenvalue weighted by atomic mass is 16.6. The molecule has 1 fully saturated rings. The van der Waals surface area contributed by atoms with Crippen LogP contribution in [0.5, 0.6) is 0 Å². The summed E-state index contributed by atoms with van der Waals surface area (Å²) in [6.07, 6.45) is 0.0586. The predicted molar refractivity (Wildman–Crippen MR) is 63.4 cm³/mol. The van der Waals surface area contributed by atoms with Crippen molar-refractivity contribution >= 4 is 6.09 Å². The Hall–Kier alpha value is -1.55. The zero-order chi connectivity index (χ0) is 12.3. The molecule has 1 aliphatic rings. The first-order valence-electron chi connectivity index (χ1n) is 5.89. The first kappa shape index (κ1) is 11.9. The van der Waals surface area contributed by atoms with E-state index in [4.69, 9.17) is 4.74 Å². The Kier molecular flexibility index (Phi) is 3.64. The number of carbonyl (C=O) groups is 1. The smallest absolute Gasteiger partial charge is 0.412 e. The number of aliphatic hydroxyl groups is 1. The topological polar surface area (TPSA) is 49.8 Å². The number of ether oxygens (including phenoxy) is 1. The van der Waals surface area contributed by atoms with Gasteiger partial charge in [-0.3, -0.25) is 4.90 Å². The summed E-state index contributed by atoms with van der Waals surface area (Å²) in [5.41, 5.74) is 1.14. The standard InChI is InChI=1S/C13H17NO3/c1-2-12(15)14-11(9-17-13(14)16)8-10-6-4-3-5-7-10/h3-7,11-12,15H,2,8-9H2,1H3/t11-,12?/m1/s1. The van der Waals surface area contributed by atoms with Crippen LogP contribution in [0, 0.1) is 0 Å². The molecule has 1 aliphatic heterocycles. The molecule has 1 unspecified atom stereocenters. The van der Waals surface area contributed by atoms with Gasteiger partial charge in [-0.25, -0.2) is 4.79 Å². The summed E-state index contributed by atoms with van der Waals surface area (Å²) >= 11 is 0. The second kappa shape index (κ2) is 5.19. The summed E-state index contributed by atoms with van der Waals surface area (Å²) in [7, 11) is 0. The molecule has 0 saturated carbocycles. The van der Waals surface area contributed by atoms with Crippen LogP contribution in [0.3, 0.4) is 0 Å². The zero-order valence-corrected chi connectivity index (χ0v) is 9.87. The van der Waals surface area contributed by atoms with Crippen molar-refractivity contribution in [2.24, 2.45) is 0 Å². The zero-order valence-electron chi connectivity index (χ0n) is 9.87. The van der Waals surface area contributed by atoms with Crippen molar-refractivity contribution < 1.29 is 14.6 Å². The van der Waals surface area contributed by atoms with Crippen LogP contribution in [0.25, 0.3) is 0 Å². The molecule has 2 atom stereocenters. The first-order valence-corrected chi connectivity index (χ1v) is 5.89. The molecule has 1 saturated heterocycles. The molecular formula is C13H17NO3. The Labute approximate surface area is 101 Å². The van der Waals surface area contributed by atoms with E-state index in [1.54, 1.807) is 0 Å². The highest BCUT2D eigenvalue weighted by molar-refractivity contribution is 5.70. The minimum atomic E-state index is -0.751. The molecule has 0 aromatic heterocycles. The summed E-state index contributed by atoms with van der Waals surface area (Å²) < 4.78 is 5.00. The lowest BCUT2D eigenvalue weighted by Gasteiger charge is -2.25. The summed E-state index contributed by atoms with van der Waals surface area (Å²) in [6.45, 7) is 2.20. The average molecular weight is 235 g/mol. The van der Waals surface area contributed by atoms with E-state index in [9.17, 15) is 9.90 Å². The highest BCUT2D eigenvalue weighted by Crippen LogP contribution is 2.20. The van der Waals surface area contributed by atoms with Crippen LogP contribution in [0.4, 0.5) is 4.79 Å². The van der Waals surface area contributed by atoms with Gasteiger partial charge in [0, 0.05) is 0 Å². The van der Waals surface area contributed by atoms with E-state index < -0.39 is 12.3 Å². The van der Waals surface area contributed by atoms with Crippen LogP contribution >= 0.6 is 0 Å². The van der Waals surface area contributed by atoms with Crippen LogP contribution in [0.1, 0.15) is 18.9 Å². The number of hydrogen-bond acceptors (Lipinski definition) is 3. The van der Waals surface area contributed by atoms with Crippen molar-refractivity contribution in [3.8, 4) is 0 Å². The molecule has 0 aliphatic carbocycles. The molecule has 92 valence electrons. The average Bonchev–Trinajstić information content (AvgIpc) is 2.71. The van der Waals surface area contributed by atoms with Crippen LogP contribution in [-0.2, 0) is 11.2 Å². The van der Waals surface area contributed by atoms with Crippen molar-refractivity contribution in [3.05, 3.63) is 35.9 Å². The first-order chi connectivity index (χ1) is 8.22. The summed E-state index contributed by atoms with van der Waals surface area (Å²) in [5.74, 6) is 0. The minimum Gasteiger partial charge on any atom is -0.447 e. The van der Waals surface area contributed by atoms with Crippen molar-refractivity contribution in [1.82, 2.24) is 4.90 Å². The van der Waals surface area contributed by atoms with Crippen LogP contribution in [0.2, 0.25) is 0 Å². The molecule has 1 aromatic rings. The number of cyclic esters (lactones) is 1. The van der Waals surface area contributed by atoms with Crippen LogP contribution in [0.15, 0.2) is 30.3 Å². The molecule has 17 heavy (non-hydrogen) atoms. The lowest BCUT2D eigenvalue weighted by Crippen LogP contribution is -2.42. The molecular weight excluding hydrogens is 218 g/mol. The Bertz CT molecular complexity index is 380. The van der Waals surface area contributed by atoms with Gasteiger partial charge in [-0.15, -0.1) is 0 Å². The molecule has 0 spiro atoms. The molecule has 1 heterocycles. The van der Waals surface area contributed by atoms with Gasteiger partial charge in [-0.2, -0.15) is 0 Å². The lowest BCUT2D eigenvalue weighted by molar-refractivity contribution is 0.0170. The number of aliphatic hydroxyl groups excluding tert-OH is 1. The van der Waals surface area contributed by atoms with E-state index in [1.165, 1.54) is 4.90 Å². The molecule has 1 amide bonds. The highest BCUT2D eigenvalue weighted by Gasteiger charge is 2.36. The summed E-state index contributed by atoms with van der Waals surface area (Å²) in [6, 6.07) is 9.85. The Morgan fingerprint density at radius 3 is 2.82 bits per heavy atom.